The fourth-order valence-electron chi connectivity index (χ4n) is 1.46. The number of nitrogens with one attached hydrogen (secondary N) is 1. The Labute approximate surface area is 113 Å². The molecule has 110 valence electrons. The van der Waals surface area contributed by atoms with Crippen LogP contribution in [0.4, 0.5) is 13.2 Å². The summed E-state index contributed by atoms with van der Waals surface area (Å²) < 4.78 is 43.6. The maximum absolute atomic E-state index is 13.3. The molecular weight excluding hydrogens is 275 g/mol. The van der Waals surface area contributed by atoms with E-state index in [1.807, 2.05) is 0 Å². The zero-order chi connectivity index (χ0) is 15.1. The van der Waals surface area contributed by atoms with Crippen molar-refractivity contribution in [2.24, 2.45) is 0 Å². The van der Waals surface area contributed by atoms with Crippen LogP contribution in [0.5, 0.6) is 0 Å². The second kappa shape index (κ2) is 7.52. The van der Waals surface area contributed by atoms with Gasteiger partial charge in [0.15, 0.2) is 17.5 Å². The van der Waals surface area contributed by atoms with E-state index in [2.05, 4.69) is 10.1 Å². The third-order valence-corrected chi connectivity index (χ3v) is 2.43. The molecular formula is C13H14F3NO3. The van der Waals surface area contributed by atoms with Crippen LogP contribution >= 0.6 is 0 Å². The number of rotatable bonds is 6. The smallest absolute Gasteiger partial charge is 0.305 e. The second-order valence-corrected chi connectivity index (χ2v) is 3.89. The molecule has 0 aliphatic rings. The number of carbonyl (C=O) groups excluding carboxylic acids is 2. The van der Waals surface area contributed by atoms with Crippen LogP contribution < -0.4 is 5.32 Å². The molecule has 0 spiro atoms. The Morgan fingerprint density at radius 1 is 1.20 bits per heavy atom. The molecule has 0 saturated heterocycles. The minimum Gasteiger partial charge on any atom is -0.466 e. The number of benzene rings is 1. The SMILES string of the molecule is CCOC(=O)CCCNC(=O)c1ccc(F)c(F)c1F. The summed E-state index contributed by atoms with van der Waals surface area (Å²) in [6, 6.07) is 1.53. The van der Waals surface area contributed by atoms with Crippen LogP contribution in [0.3, 0.4) is 0 Å². The predicted molar refractivity (Wildman–Crippen MR) is 64.5 cm³/mol. The monoisotopic (exact) mass is 289 g/mol. The molecule has 7 heteroatoms. The molecule has 0 bridgehead atoms. The summed E-state index contributed by atoms with van der Waals surface area (Å²) in [7, 11) is 0. The Morgan fingerprint density at radius 3 is 2.55 bits per heavy atom. The molecule has 0 fully saturated rings. The maximum Gasteiger partial charge on any atom is 0.305 e. The van der Waals surface area contributed by atoms with Crippen LogP contribution in [-0.2, 0) is 9.53 Å². The maximum atomic E-state index is 13.3. The van der Waals surface area contributed by atoms with Crippen LogP contribution in [-0.4, -0.2) is 25.0 Å². The van der Waals surface area contributed by atoms with Gasteiger partial charge in [0.05, 0.1) is 12.2 Å². The lowest BCUT2D eigenvalue weighted by molar-refractivity contribution is -0.143. The molecule has 1 N–H and O–H groups in total. The first kappa shape index (κ1) is 16.0. The highest BCUT2D eigenvalue weighted by Gasteiger charge is 2.18. The lowest BCUT2D eigenvalue weighted by Gasteiger charge is -2.06. The summed E-state index contributed by atoms with van der Waals surface area (Å²) in [5.74, 6) is -5.86. The molecule has 0 heterocycles. The van der Waals surface area contributed by atoms with Crippen molar-refractivity contribution in [2.75, 3.05) is 13.2 Å². The van der Waals surface area contributed by atoms with Crippen molar-refractivity contribution in [3.63, 3.8) is 0 Å². The molecule has 0 aliphatic carbocycles. The second-order valence-electron chi connectivity index (χ2n) is 3.89. The molecule has 20 heavy (non-hydrogen) atoms. The Balaban J connectivity index is 2.48. The number of esters is 1. The van der Waals surface area contributed by atoms with Crippen LogP contribution in [0.2, 0.25) is 0 Å². The Morgan fingerprint density at radius 2 is 1.90 bits per heavy atom. The van der Waals surface area contributed by atoms with Gasteiger partial charge in [-0.05, 0) is 25.5 Å². The number of hydrogen-bond donors (Lipinski definition) is 1. The first-order valence-electron chi connectivity index (χ1n) is 6.04. The summed E-state index contributed by atoms with van der Waals surface area (Å²) in [5.41, 5.74) is -0.583. The average molecular weight is 289 g/mol. The van der Waals surface area contributed by atoms with Crippen molar-refractivity contribution in [1.29, 1.82) is 0 Å². The van der Waals surface area contributed by atoms with E-state index in [9.17, 15) is 22.8 Å². The molecule has 1 amide bonds. The van der Waals surface area contributed by atoms with Crippen LogP contribution in [0.15, 0.2) is 12.1 Å². The van der Waals surface area contributed by atoms with Gasteiger partial charge in [-0.25, -0.2) is 13.2 Å². The Kier molecular flexibility index (Phi) is 6.02. The molecule has 0 atom stereocenters. The van der Waals surface area contributed by atoms with Gasteiger partial charge in [0.1, 0.15) is 0 Å². The molecule has 4 nitrogen and oxygen atoms in total. The van der Waals surface area contributed by atoms with E-state index in [0.717, 1.165) is 6.07 Å². The summed E-state index contributed by atoms with van der Waals surface area (Å²) in [6.45, 7) is 2.03. The Hall–Kier alpha value is -2.05. The van der Waals surface area contributed by atoms with E-state index >= 15 is 0 Å². The quantitative estimate of drug-likeness (QED) is 0.496. The van der Waals surface area contributed by atoms with E-state index < -0.39 is 34.9 Å². The third-order valence-electron chi connectivity index (χ3n) is 2.43. The summed E-state index contributed by atoms with van der Waals surface area (Å²) in [4.78, 5) is 22.6. The summed E-state index contributed by atoms with van der Waals surface area (Å²) in [5, 5.41) is 2.31. The Bertz CT molecular complexity index is 506. The first-order valence-corrected chi connectivity index (χ1v) is 6.04. The average Bonchev–Trinajstić information content (AvgIpc) is 2.41. The van der Waals surface area contributed by atoms with Gasteiger partial charge in [-0.1, -0.05) is 0 Å². The number of halogens is 3. The van der Waals surface area contributed by atoms with E-state index in [1.165, 1.54) is 0 Å². The van der Waals surface area contributed by atoms with Gasteiger partial charge in [0.25, 0.3) is 5.91 Å². The van der Waals surface area contributed by atoms with Crippen LogP contribution in [0.1, 0.15) is 30.1 Å². The third kappa shape index (κ3) is 4.25. The van der Waals surface area contributed by atoms with Crippen molar-refractivity contribution in [3.8, 4) is 0 Å². The summed E-state index contributed by atoms with van der Waals surface area (Å²) in [6.07, 6.45) is 0.407. The van der Waals surface area contributed by atoms with Gasteiger partial charge in [-0.15, -0.1) is 0 Å². The molecule has 0 aliphatic heterocycles. The molecule has 0 aromatic heterocycles. The topological polar surface area (TPSA) is 55.4 Å². The van der Waals surface area contributed by atoms with Gasteiger partial charge in [0.2, 0.25) is 0 Å². The van der Waals surface area contributed by atoms with Gasteiger partial charge >= 0.3 is 5.97 Å². The van der Waals surface area contributed by atoms with Crippen molar-refractivity contribution in [1.82, 2.24) is 5.32 Å². The molecule has 1 aromatic carbocycles. The molecule has 0 unspecified atom stereocenters. The van der Waals surface area contributed by atoms with Crippen LogP contribution in [0, 0.1) is 17.5 Å². The molecule has 1 rings (SSSR count). The number of hydrogen-bond acceptors (Lipinski definition) is 3. The van der Waals surface area contributed by atoms with Gasteiger partial charge < -0.3 is 10.1 Å². The fraction of sp³-hybridized carbons (Fsp3) is 0.385. The number of amides is 1. The molecule has 0 radical (unpaired) electrons. The zero-order valence-corrected chi connectivity index (χ0v) is 10.8. The van der Waals surface area contributed by atoms with Gasteiger partial charge in [0, 0.05) is 13.0 Å². The minimum absolute atomic E-state index is 0.0933. The highest BCUT2D eigenvalue weighted by Crippen LogP contribution is 2.14. The van der Waals surface area contributed by atoms with Crippen molar-refractivity contribution >= 4 is 11.9 Å². The van der Waals surface area contributed by atoms with Crippen LogP contribution in [0.25, 0.3) is 0 Å². The normalized spacial score (nSPS) is 10.2. The minimum atomic E-state index is -1.69. The first-order chi connectivity index (χ1) is 9.47. The lowest BCUT2D eigenvalue weighted by Crippen LogP contribution is -2.26. The van der Waals surface area contributed by atoms with Gasteiger partial charge in [-0.2, -0.15) is 0 Å². The highest BCUT2D eigenvalue weighted by molar-refractivity contribution is 5.94. The van der Waals surface area contributed by atoms with E-state index in [-0.39, 0.29) is 19.6 Å². The lowest BCUT2D eigenvalue weighted by atomic mass is 10.2. The van der Waals surface area contributed by atoms with Gasteiger partial charge in [-0.3, -0.25) is 9.59 Å². The largest absolute Gasteiger partial charge is 0.466 e. The van der Waals surface area contributed by atoms with Crippen molar-refractivity contribution in [3.05, 3.63) is 35.1 Å². The standard InChI is InChI=1S/C13H14F3NO3/c1-2-20-10(18)4-3-7-17-13(19)8-5-6-9(14)12(16)11(8)15/h5-6H,2-4,7H2,1H3,(H,17,19). The van der Waals surface area contributed by atoms with Crippen molar-refractivity contribution in [2.45, 2.75) is 19.8 Å². The van der Waals surface area contributed by atoms with E-state index in [1.54, 1.807) is 6.92 Å². The predicted octanol–water partition coefficient (Wildman–Crippen LogP) is 2.18. The van der Waals surface area contributed by atoms with E-state index in [4.69, 9.17) is 0 Å². The number of ether oxygens (including phenoxy) is 1. The van der Waals surface area contributed by atoms with Crippen molar-refractivity contribution < 1.29 is 27.5 Å². The highest BCUT2D eigenvalue weighted by atomic mass is 19.2. The molecule has 1 aromatic rings. The number of carbonyl (C=O) groups is 2. The summed E-state index contributed by atoms with van der Waals surface area (Å²) >= 11 is 0. The molecule has 0 saturated carbocycles. The fourth-order valence-corrected chi connectivity index (χ4v) is 1.46. The zero-order valence-electron chi connectivity index (χ0n) is 10.8. The van der Waals surface area contributed by atoms with E-state index in [0.29, 0.717) is 12.5 Å².